The maximum Gasteiger partial charge on any atom is 0.323 e. The van der Waals surface area contributed by atoms with Gasteiger partial charge in [-0.2, -0.15) is 19.3 Å². The van der Waals surface area contributed by atoms with E-state index in [2.05, 4.69) is 15.0 Å². The van der Waals surface area contributed by atoms with E-state index in [-0.39, 0.29) is 12.0 Å². The molecule has 0 saturated carbocycles. The summed E-state index contributed by atoms with van der Waals surface area (Å²) in [5.74, 6) is 0.498. The van der Waals surface area contributed by atoms with Gasteiger partial charge in [-0.3, -0.25) is 0 Å². The Balaban J connectivity index is 2.10. The molecule has 2 heterocycles. The van der Waals surface area contributed by atoms with Gasteiger partial charge < -0.3 is 15.4 Å². The normalized spacial score (nSPS) is 17.2. The number of hydrogen-bond donors (Lipinski definition) is 1. The van der Waals surface area contributed by atoms with Gasteiger partial charge in [-0.25, -0.2) is 8.42 Å². The van der Waals surface area contributed by atoms with Crippen LogP contribution in [0.3, 0.4) is 0 Å². The van der Waals surface area contributed by atoms with Crippen molar-refractivity contribution in [2.24, 2.45) is 0 Å². The molecular formula is C10H18N6O3S. The summed E-state index contributed by atoms with van der Waals surface area (Å²) >= 11 is 0. The Morgan fingerprint density at radius 1 is 1.20 bits per heavy atom. The van der Waals surface area contributed by atoms with Gasteiger partial charge in [0.1, 0.15) is 0 Å². The Morgan fingerprint density at radius 2 is 1.85 bits per heavy atom. The minimum Gasteiger partial charge on any atom is -0.464 e. The van der Waals surface area contributed by atoms with Crippen LogP contribution in [0.4, 0.5) is 11.9 Å². The number of hydrogen-bond acceptors (Lipinski definition) is 8. The minimum atomic E-state index is -3.15. The monoisotopic (exact) mass is 302 g/mol. The van der Waals surface area contributed by atoms with Crippen LogP contribution in [0.2, 0.25) is 0 Å². The van der Waals surface area contributed by atoms with E-state index in [1.165, 1.54) is 10.6 Å². The first-order chi connectivity index (χ1) is 9.40. The third kappa shape index (κ3) is 3.45. The third-order valence-electron chi connectivity index (χ3n) is 2.88. The van der Waals surface area contributed by atoms with Crippen molar-refractivity contribution in [3.05, 3.63) is 0 Å². The van der Waals surface area contributed by atoms with Gasteiger partial charge in [-0.05, 0) is 6.92 Å². The minimum absolute atomic E-state index is 0.0870. The maximum atomic E-state index is 11.4. The van der Waals surface area contributed by atoms with Crippen molar-refractivity contribution in [3.63, 3.8) is 0 Å². The van der Waals surface area contributed by atoms with Crippen LogP contribution in [0.15, 0.2) is 0 Å². The Kier molecular flexibility index (Phi) is 4.23. The Labute approximate surface area is 117 Å². The molecule has 0 amide bonds. The molecule has 0 atom stereocenters. The average Bonchev–Trinajstić information content (AvgIpc) is 2.37. The van der Waals surface area contributed by atoms with Crippen molar-refractivity contribution >= 4 is 21.9 Å². The summed E-state index contributed by atoms with van der Waals surface area (Å²) < 4.78 is 29.5. The van der Waals surface area contributed by atoms with Crippen molar-refractivity contribution in [2.45, 2.75) is 6.92 Å². The van der Waals surface area contributed by atoms with Gasteiger partial charge in [-0.15, -0.1) is 0 Å². The molecule has 0 bridgehead atoms. The molecule has 0 aromatic carbocycles. The highest BCUT2D eigenvalue weighted by atomic mass is 32.2. The molecule has 0 radical (unpaired) electrons. The van der Waals surface area contributed by atoms with Crippen molar-refractivity contribution in [1.82, 2.24) is 19.3 Å². The molecule has 1 aliphatic rings. The lowest BCUT2D eigenvalue weighted by atomic mass is 10.4. The van der Waals surface area contributed by atoms with Crippen molar-refractivity contribution in [3.8, 4) is 6.01 Å². The quantitative estimate of drug-likeness (QED) is 0.748. The van der Waals surface area contributed by atoms with E-state index in [0.717, 1.165) is 0 Å². The van der Waals surface area contributed by atoms with E-state index in [0.29, 0.717) is 38.7 Å². The fourth-order valence-electron chi connectivity index (χ4n) is 1.92. The summed E-state index contributed by atoms with van der Waals surface area (Å²) in [7, 11) is -3.15. The molecule has 1 aromatic heterocycles. The average molecular weight is 302 g/mol. The van der Waals surface area contributed by atoms with Crippen LogP contribution in [0.5, 0.6) is 6.01 Å². The smallest absolute Gasteiger partial charge is 0.323 e. The zero-order chi connectivity index (χ0) is 14.8. The molecule has 1 aliphatic heterocycles. The highest BCUT2D eigenvalue weighted by molar-refractivity contribution is 7.88. The number of nitrogens with zero attached hydrogens (tertiary/aromatic N) is 5. The van der Waals surface area contributed by atoms with Crippen molar-refractivity contribution < 1.29 is 13.2 Å². The second-order valence-corrected chi connectivity index (χ2v) is 6.34. The SMILES string of the molecule is CCOc1nc(N)nc(N2CCN(S(C)(=O)=O)CC2)n1. The van der Waals surface area contributed by atoms with Gasteiger partial charge >= 0.3 is 6.01 Å². The van der Waals surface area contributed by atoms with Gasteiger partial charge in [0.2, 0.25) is 21.9 Å². The topological polar surface area (TPSA) is 115 Å². The predicted molar refractivity (Wildman–Crippen MR) is 74.0 cm³/mol. The van der Waals surface area contributed by atoms with Crippen LogP contribution in [0.1, 0.15) is 6.92 Å². The molecule has 1 fully saturated rings. The van der Waals surface area contributed by atoms with Crippen LogP contribution in [0, 0.1) is 0 Å². The highest BCUT2D eigenvalue weighted by Crippen LogP contribution is 2.16. The predicted octanol–water partition coefficient (Wildman–Crippen LogP) is -1.07. The number of anilines is 2. The van der Waals surface area contributed by atoms with Gasteiger partial charge in [0.25, 0.3) is 0 Å². The van der Waals surface area contributed by atoms with Crippen LogP contribution in [-0.2, 0) is 10.0 Å². The number of nitrogens with two attached hydrogens (primary N) is 1. The summed E-state index contributed by atoms with van der Waals surface area (Å²) in [6.45, 7) is 4.06. The third-order valence-corrected chi connectivity index (χ3v) is 4.19. The van der Waals surface area contributed by atoms with Crippen molar-refractivity contribution in [1.29, 1.82) is 0 Å². The standard InChI is InChI=1S/C10H18N6O3S/c1-3-19-10-13-8(11)12-9(14-10)15-4-6-16(7-5-15)20(2,17)18/h3-7H2,1-2H3,(H2,11,12,13,14). The molecular weight excluding hydrogens is 284 g/mol. The number of rotatable bonds is 4. The fraction of sp³-hybridized carbons (Fsp3) is 0.700. The van der Waals surface area contributed by atoms with E-state index in [1.807, 2.05) is 11.8 Å². The van der Waals surface area contributed by atoms with Gasteiger partial charge in [-0.1, -0.05) is 0 Å². The summed E-state index contributed by atoms with van der Waals surface area (Å²) in [6.07, 6.45) is 1.21. The number of sulfonamides is 1. The first-order valence-corrected chi connectivity index (χ1v) is 8.09. The van der Waals surface area contributed by atoms with E-state index in [9.17, 15) is 8.42 Å². The molecule has 2 N–H and O–H groups in total. The number of piperazine rings is 1. The Morgan fingerprint density at radius 3 is 2.40 bits per heavy atom. The number of ether oxygens (including phenoxy) is 1. The zero-order valence-corrected chi connectivity index (χ0v) is 12.3. The Bertz CT molecular complexity index is 570. The lowest BCUT2D eigenvalue weighted by Gasteiger charge is -2.33. The Hall–Kier alpha value is -1.68. The van der Waals surface area contributed by atoms with E-state index >= 15 is 0 Å². The molecule has 0 aliphatic carbocycles. The molecule has 112 valence electrons. The summed E-state index contributed by atoms with van der Waals surface area (Å²) in [4.78, 5) is 14.0. The molecule has 1 saturated heterocycles. The number of nitrogen functional groups attached to an aromatic ring is 1. The summed E-state index contributed by atoms with van der Waals surface area (Å²) in [5.41, 5.74) is 5.62. The fourth-order valence-corrected chi connectivity index (χ4v) is 2.74. The molecule has 10 heteroatoms. The first-order valence-electron chi connectivity index (χ1n) is 6.24. The van der Waals surface area contributed by atoms with Crippen LogP contribution in [-0.4, -0.2) is 66.7 Å². The lowest BCUT2D eigenvalue weighted by molar-refractivity contribution is 0.311. The van der Waals surface area contributed by atoms with Crippen LogP contribution >= 0.6 is 0 Å². The second kappa shape index (κ2) is 5.75. The van der Waals surface area contributed by atoms with Crippen molar-refractivity contribution in [2.75, 3.05) is 49.7 Å². The number of aromatic nitrogens is 3. The van der Waals surface area contributed by atoms with Crippen LogP contribution < -0.4 is 15.4 Å². The molecule has 1 aromatic rings. The molecule has 2 rings (SSSR count). The summed E-state index contributed by atoms with van der Waals surface area (Å²) in [5, 5.41) is 0. The largest absolute Gasteiger partial charge is 0.464 e. The summed E-state index contributed by atoms with van der Waals surface area (Å²) in [6, 6.07) is 0.181. The molecule has 0 unspecified atom stereocenters. The van der Waals surface area contributed by atoms with E-state index in [4.69, 9.17) is 10.5 Å². The van der Waals surface area contributed by atoms with Gasteiger partial charge in [0.05, 0.1) is 12.9 Å². The lowest BCUT2D eigenvalue weighted by Crippen LogP contribution is -2.48. The van der Waals surface area contributed by atoms with Gasteiger partial charge in [0.15, 0.2) is 0 Å². The van der Waals surface area contributed by atoms with Crippen LogP contribution in [0.25, 0.3) is 0 Å². The highest BCUT2D eigenvalue weighted by Gasteiger charge is 2.25. The maximum absolute atomic E-state index is 11.4. The molecule has 0 spiro atoms. The first kappa shape index (κ1) is 14.7. The molecule has 9 nitrogen and oxygen atoms in total. The zero-order valence-electron chi connectivity index (χ0n) is 11.5. The molecule has 20 heavy (non-hydrogen) atoms. The van der Waals surface area contributed by atoms with Gasteiger partial charge in [0, 0.05) is 26.2 Å². The van der Waals surface area contributed by atoms with E-state index in [1.54, 1.807) is 0 Å². The van der Waals surface area contributed by atoms with E-state index < -0.39 is 10.0 Å². The second-order valence-electron chi connectivity index (χ2n) is 4.36.